The van der Waals surface area contributed by atoms with E-state index in [0.717, 1.165) is 29.2 Å². The molecule has 3 unspecified atom stereocenters. The molecule has 1 amide bonds. The fraction of sp³-hybridized carbons (Fsp3) is 0.432. The van der Waals surface area contributed by atoms with Gasteiger partial charge in [-0.1, -0.05) is 105 Å². The van der Waals surface area contributed by atoms with Crippen LogP contribution in [0.25, 0.3) is 0 Å². The first-order valence-electron chi connectivity index (χ1n) is 18.5. The minimum Gasteiger partial charge on any atom is -0.444 e. The average molecular weight is 731 g/mol. The summed E-state index contributed by atoms with van der Waals surface area (Å²) in [6.45, 7) is 9.91. The van der Waals surface area contributed by atoms with Gasteiger partial charge in [0.25, 0.3) is 0 Å². The molecule has 0 aliphatic heterocycles. The molecule has 0 radical (unpaired) electrons. The molecule has 2 N–H and O–H groups in total. The van der Waals surface area contributed by atoms with E-state index in [9.17, 15) is 23.8 Å². The number of amides is 1. The van der Waals surface area contributed by atoms with Crippen molar-refractivity contribution in [1.29, 1.82) is 0 Å². The normalized spacial score (nSPS) is 14.2. The van der Waals surface area contributed by atoms with Crippen LogP contribution in [0.4, 0.5) is 13.6 Å². The van der Waals surface area contributed by atoms with E-state index in [1.54, 1.807) is 20.8 Å². The first kappa shape index (κ1) is 41.6. The number of ether oxygens (including phenoxy) is 2. The number of carbonyl (C=O) groups is 1. The largest absolute Gasteiger partial charge is 0.444 e. The zero-order valence-corrected chi connectivity index (χ0v) is 31.7. The van der Waals surface area contributed by atoms with Crippen LogP contribution in [0.2, 0.25) is 0 Å². The molecule has 0 saturated carbocycles. The maximum absolute atomic E-state index is 14.9. The van der Waals surface area contributed by atoms with Crippen LogP contribution in [0.15, 0.2) is 109 Å². The SMILES string of the molecule is CC(C)CC[C@@H](O)CN(CC(OCc1ccccc1)C(C(CO)c1cc(F)cc(F)c1)N(Cc1ccccc1)Cc1ccccc1)C(=O)OC(C)(C)C. The summed E-state index contributed by atoms with van der Waals surface area (Å²) in [5.74, 6) is -2.03. The number of benzene rings is 4. The van der Waals surface area contributed by atoms with Crippen molar-refractivity contribution in [2.75, 3.05) is 19.7 Å². The summed E-state index contributed by atoms with van der Waals surface area (Å²) in [6, 6.07) is 31.8. The Labute approximate surface area is 314 Å². The third-order valence-corrected chi connectivity index (χ3v) is 9.05. The van der Waals surface area contributed by atoms with E-state index < -0.39 is 54.1 Å². The lowest BCUT2D eigenvalue weighted by molar-refractivity contribution is -0.0662. The van der Waals surface area contributed by atoms with Gasteiger partial charge in [0.05, 0.1) is 38.5 Å². The first-order chi connectivity index (χ1) is 25.3. The zero-order chi connectivity index (χ0) is 38.4. The van der Waals surface area contributed by atoms with Crippen molar-refractivity contribution >= 4 is 6.09 Å². The molecule has 0 aliphatic rings. The maximum Gasteiger partial charge on any atom is 0.410 e. The van der Waals surface area contributed by atoms with Gasteiger partial charge >= 0.3 is 6.09 Å². The Morgan fingerprint density at radius 3 is 1.74 bits per heavy atom. The van der Waals surface area contributed by atoms with Crippen LogP contribution in [0.5, 0.6) is 0 Å². The third kappa shape index (κ3) is 14.0. The second kappa shape index (κ2) is 20.3. The number of hydrogen-bond acceptors (Lipinski definition) is 6. The van der Waals surface area contributed by atoms with Gasteiger partial charge in [-0.15, -0.1) is 0 Å². The molecule has 4 aromatic carbocycles. The quantitative estimate of drug-likeness (QED) is 0.101. The highest BCUT2D eigenvalue weighted by Crippen LogP contribution is 2.32. The van der Waals surface area contributed by atoms with Crippen molar-refractivity contribution in [3.05, 3.63) is 143 Å². The van der Waals surface area contributed by atoms with Crippen LogP contribution in [0.3, 0.4) is 0 Å². The average Bonchev–Trinajstić information content (AvgIpc) is 3.11. The van der Waals surface area contributed by atoms with Crippen molar-refractivity contribution in [3.8, 4) is 0 Å². The summed E-state index contributed by atoms with van der Waals surface area (Å²) in [4.78, 5) is 17.6. The van der Waals surface area contributed by atoms with E-state index in [0.29, 0.717) is 25.4 Å². The van der Waals surface area contributed by atoms with Crippen LogP contribution >= 0.6 is 0 Å². The number of aliphatic hydroxyl groups is 2. The summed E-state index contributed by atoms with van der Waals surface area (Å²) >= 11 is 0. The molecule has 9 heteroatoms. The molecule has 0 aliphatic carbocycles. The van der Waals surface area contributed by atoms with Gasteiger partial charge in [0.2, 0.25) is 0 Å². The molecule has 4 rings (SSSR count). The van der Waals surface area contributed by atoms with Crippen LogP contribution in [-0.2, 0) is 29.2 Å². The highest BCUT2D eigenvalue weighted by molar-refractivity contribution is 5.68. The Kier molecular flexibility index (Phi) is 16.0. The van der Waals surface area contributed by atoms with Crippen molar-refractivity contribution in [1.82, 2.24) is 9.80 Å². The topological polar surface area (TPSA) is 82.5 Å². The molecule has 53 heavy (non-hydrogen) atoms. The fourth-order valence-corrected chi connectivity index (χ4v) is 6.53. The summed E-state index contributed by atoms with van der Waals surface area (Å²) in [6.07, 6.45) is -1.07. The predicted octanol–water partition coefficient (Wildman–Crippen LogP) is 8.73. The van der Waals surface area contributed by atoms with Crippen LogP contribution < -0.4 is 0 Å². The second-order valence-electron chi connectivity index (χ2n) is 15.2. The molecule has 4 aromatic rings. The minimum absolute atomic E-state index is 0.0185. The summed E-state index contributed by atoms with van der Waals surface area (Å²) in [5.41, 5.74) is 2.27. The fourth-order valence-electron chi connectivity index (χ4n) is 6.53. The smallest absolute Gasteiger partial charge is 0.410 e. The van der Waals surface area contributed by atoms with Gasteiger partial charge in [-0.2, -0.15) is 0 Å². The summed E-state index contributed by atoms with van der Waals surface area (Å²) < 4.78 is 42.6. The highest BCUT2D eigenvalue weighted by Gasteiger charge is 2.39. The van der Waals surface area contributed by atoms with Crippen molar-refractivity contribution in [3.63, 3.8) is 0 Å². The van der Waals surface area contributed by atoms with Gasteiger partial charge in [-0.25, -0.2) is 13.6 Å². The van der Waals surface area contributed by atoms with E-state index in [2.05, 4.69) is 18.7 Å². The summed E-state index contributed by atoms with van der Waals surface area (Å²) in [5, 5.41) is 22.5. The Morgan fingerprint density at radius 1 is 0.755 bits per heavy atom. The molecule has 7 nitrogen and oxygen atoms in total. The number of carbonyl (C=O) groups excluding carboxylic acids is 1. The number of nitrogens with zero attached hydrogens (tertiary/aromatic N) is 2. The van der Waals surface area contributed by atoms with E-state index >= 15 is 0 Å². The standard InChI is InChI=1S/C44H56F2N2O5/c1-32(2)21-22-39(50)28-48(43(51)53-44(3,4)5)29-41(52-31-35-19-13-8-14-20-35)42(40(30-49)36-23-37(45)25-38(46)24-36)47(26-33-15-9-6-10-16-33)27-34-17-11-7-12-18-34/h6-20,23-25,32,39-42,49-50H,21-22,26-31H2,1-5H3/t39-,40?,41?,42?/m1/s1. The molecular weight excluding hydrogens is 674 g/mol. The highest BCUT2D eigenvalue weighted by atomic mass is 19.1. The number of halogens is 2. The van der Waals surface area contributed by atoms with E-state index in [1.807, 2.05) is 91.0 Å². The molecule has 4 atom stereocenters. The number of rotatable bonds is 19. The van der Waals surface area contributed by atoms with Gasteiger partial charge < -0.3 is 24.6 Å². The van der Waals surface area contributed by atoms with Crippen LogP contribution in [0, 0.1) is 17.6 Å². The maximum atomic E-state index is 14.9. The molecule has 0 aromatic heterocycles. The van der Waals surface area contributed by atoms with Crippen molar-refractivity contribution in [2.24, 2.45) is 5.92 Å². The lowest BCUT2D eigenvalue weighted by Gasteiger charge is -2.43. The van der Waals surface area contributed by atoms with Gasteiger partial charge in [-0.05, 0) is 73.9 Å². The van der Waals surface area contributed by atoms with Gasteiger partial charge in [0, 0.05) is 31.1 Å². The lowest BCUT2D eigenvalue weighted by Crippen LogP contribution is -2.55. The van der Waals surface area contributed by atoms with Gasteiger partial charge in [0.1, 0.15) is 17.2 Å². The Bertz CT molecular complexity index is 1590. The van der Waals surface area contributed by atoms with E-state index in [-0.39, 0.29) is 25.3 Å². The van der Waals surface area contributed by atoms with Crippen molar-refractivity contribution < 1.29 is 33.3 Å². The van der Waals surface area contributed by atoms with Gasteiger partial charge in [0.15, 0.2) is 0 Å². The van der Waals surface area contributed by atoms with Crippen LogP contribution in [-0.4, -0.2) is 69.7 Å². The Hall–Kier alpha value is -4.15. The number of hydrogen-bond donors (Lipinski definition) is 2. The van der Waals surface area contributed by atoms with E-state index in [1.165, 1.54) is 17.0 Å². The molecule has 0 spiro atoms. The Balaban J connectivity index is 1.90. The zero-order valence-electron chi connectivity index (χ0n) is 31.7. The molecule has 286 valence electrons. The predicted molar refractivity (Wildman–Crippen MR) is 205 cm³/mol. The molecular formula is C44H56F2N2O5. The van der Waals surface area contributed by atoms with Crippen LogP contribution in [0.1, 0.15) is 75.6 Å². The third-order valence-electron chi connectivity index (χ3n) is 9.05. The van der Waals surface area contributed by atoms with Crippen molar-refractivity contribution in [2.45, 2.75) is 96.9 Å². The second-order valence-corrected chi connectivity index (χ2v) is 15.2. The minimum atomic E-state index is -0.861. The number of aliphatic hydroxyl groups excluding tert-OH is 2. The lowest BCUT2D eigenvalue weighted by atomic mass is 9.86. The Morgan fingerprint density at radius 2 is 1.26 bits per heavy atom. The van der Waals surface area contributed by atoms with Gasteiger partial charge in [-0.3, -0.25) is 4.90 Å². The first-order valence-corrected chi connectivity index (χ1v) is 18.5. The molecule has 0 fully saturated rings. The summed E-state index contributed by atoms with van der Waals surface area (Å²) in [7, 11) is 0. The molecule has 0 heterocycles. The monoisotopic (exact) mass is 730 g/mol. The van der Waals surface area contributed by atoms with E-state index in [4.69, 9.17) is 9.47 Å². The molecule has 0 bridgehead atoms. The molecule has 0 saturated heterocycles.